The van der Waals surface area contributed by atoms with Crippen LogP contribution in [0.5, 0.6) is 0 Å². The maximum atomic E-state index is 12.1. The molecule has 0 amide bonds. The monoisotopic (exact) mass is 294 g/mol. The van der Waals surface area contributed by atoms with Crippen molar-refractivity contribution >= 4 is 10.0 Å². The molecule has 0 aliphatic heterocycles. The zero-order valence-corrected chi connectivity index (χ0v) is 12.1. The summed E-state index contributed by atoms with van der Waals surface area (Å²) < 4.78 is 32.0. The van der Waals surface area contributed by atoms with Crippen LogP contribution in [0.2, 0.25) is 0 Å². The molecule has 0 saturated carbocycles. The van der Waals surface area contributed by atoms with E-state index in [4.69, 9.17) is 10.2 Å². The summed E-state index contributed by atoms with van der Waals surface area (Å²) in [6, 6.07) is 12.5. The summed E-state index contributed by atoms with van der Waals surface area (Å²) in [4.78, 5) is 0. The average Bonchev–Trinajstić information content (AvgIpc) is 2.88. The van der Waals surface area contributed by atoms with Crippen LogP contribution in [0.3, 0.4) is 0 Å². The van der Waals surface area contributed by atoms with Crippen molar-refractivity contribution < 1.29 is 12.8 Å². The highest BCUT2D eigenvalue weighted by atomic mass is 32.2. The molecule has 108 valence electrons. The van der Waals surface area contributed by atoms with Gasteiger partial charge in [0.15, 0.2) is 0 Å². The van der Waals surface area contributed by atoms with Crippen molar-refractivity contribution in [1.29, 1.82) is 0 Å². The van der Waals surface area contributed by atoms with Crippen LogP contribution in [0, 0.1) is 0 Å². The van der Waals surface area contributed by atoms with E-state index >= 15 is 0 Å². The predicted octanol–water partition coefficient (Wildman–Crippen LogP) is 1.65. The van der Waals surface area contributed by atoms with Gasteiger partial charge in [-0.1, -0.05) is 30.3 Å². The van der Waals surface area contributed by atoms with Gasteiger partial charge >= 0.3 is 0 Å². The number of benzene rings is 1. The molecule has 0 bridgehead atoms. The summed E-state index contributed by atoms with van der Waals surface area (Å²) in [7, 11) is -3.64. The summed E-state index contributed by atoms with van der Waals surface area (Å²) in [5, 5.41) is -0.0992. The van der Waals surface area contributed by atoms with Gasteiger partial charge in [-0.2, -0.15) is 0 Å². The van der Waals surface area contributed by atoms with Gasteiger partial charge in [0, 0.05) is 6.04 Å². The van der Waals surface area contributed by atoms with E-state index in [1.165, 1.54) is 6.07 Å². The third-order valence-corrected chi connectivity index (χ3v) is 4.31. The van der Waals surface area contributed by atoms with E-state index in [9.17, 15) is 8.42 Å². The van der Waals surface area contributed by atoms with Crippen LogP contribution >= 0.6 is 0 Å². The van der Waals surface area contributed by atoms with Gasteiger partial charge < -0.3 is 10.2 Å². The smallest absolute Gasteiger partial charge is 0.274 e. The van der Waals surface area contributed by atoms with Crippen molar-refractivity contribution in [2.24, 2.45) is 5.73 Å². The van der Waals surface area contributed by atoms with Gasteiger partial charge in [-0.25, -0.2) is 13.1 Å². The maximum Gasteiger partial charge on any atom is 0.274 e. The Kier molecular flexibility index (Phi) is 4.59. The lowest BCUT2D eigenvalue weighted by molar-refractivity contribution is 0.410. The molecule has 0 fully saturated rings. The van der Waals surface area contributed by atoms with Crippen molar-refractivity contribution in [3.8, 4) is 0 Å². The number of hydrogen-bond acceptors (Lipinski definition) is 4. The zero-order valence-electron chi connectivity index (χ0n) is 11.2. The van der Waals surface area contributed by atoms with Gasteiger partial charge in [0.05, 0.1) is 6.54 Å². The highest BCUT2D eigenvalue weighted by Crippen LogP contribution is 2.14. The van der Waals surface area contributed by atoms with Gasteiger partial charge in [-0.15, -0.1) is 0 Å². The Morgan fingerprint density at radius 2 is 1.90 bits per heavy atom. The Morgan fingerprint density at radius 3 is 2.50 bits per heavy atom. The molecule has 0 aliphatic rings. The normalized spacial score (nSPS) is 13.3. The van der Waals surface area contributed by atoms with Crippen LogP contribution in [0.4, 0.5) is 0 Å². The van der Waals surface area contributed by atoms with Crippen LogP contribution in [-0.2, 0) is 23.0 Å². The molecule has 1 aromatic heterocycles. The minimum atomic E-state index is -3.64. The Bertz CT molecular complexity index is 650. The van der Waals surface area contributed by atoms with Crippen molar-refractivity contribution in [3.05, 3.63) is 53.8 Å². The van der Waals surface area contributed by atoms with Crippen LogP contribution < -0.4 is 10.5 Å². The summed E-state index contributed by atoms with van der Waals surface area (Å²) >= 11 is 0. The first-order valence-corrected chi connectivity index (χ1v) is 7.84. The molecule has 1 heterocycles. The third-order valence-electron chi connectivity index (χ3n) is 2.84. The van der Waals surface area contributed by atoms with Crippen molar-refractivity contribution in [3.63, 3.8) is 0 Å². The van der Waals surface area contributed by atoms with Gasteiger partial charge in [0.1, 0.15) is 5.76 Å². The molecule has 0 spiro atoms. The first kappa shape index (κ1) is 14.8. The van der Waals surface area contributed by atoms with E-state index in [0.717, 1.165) is 5.56 Å². The van der Waals surface area contributed by atoms with E-state index in [2.05, 4.69) is 4.72 Å². The number of sulfonamides is 1. The minimum Gasteiger partial charge on any atom is -0.447 e. The molecule has 5 nitrogen and oxygen atoms in total. The highest BCUT2D eigenvalue weighted by molar-refractivity contribution is 7.89. The van der Waals surface area contributed by atoms with Crippen LogP contribution in [0.1, 0.15) is 18.2 Å². The number of rotatable bonds is 6. The van der Waals surface area contributed by atoms with E-state index in [0.29, 0.717) is 12.2 Å². The van der Waals surface area contributed by atoms with E-state index in [1.54, 1.807) is 6.07 Å². The first-order chi connectivity index (χ1) is 9.51. The van der Waals surface area contributed by atoms with Gasteiger partial charge in [0.25, 0.3) is 10.0 Å². The maximum absolute atomic E-state index is 12.1. The zero-order chi connectivity index (χ0) is 14.6. The Morgan fingerprint density at radius 1 is 1.20 bits per heavy atom. The number of furan rings is 1. The SMILES string of the molecule is CC(Cc1ccccc1)NS(=O)(=O)c1ccc(CN)o1. The molecule has 0 aliphatic carbocycles. The van der Waals surface area contributed by atoms with Crippen molar-refractivity contribution in [2.75, 3.05) is 0 Å². The molecular formula is C14H18N2O3S. The van der Waals surface area contributed by atoms with Crippen LogP contribution in [-0.4, -0.2) is 14.5 Å². The Hall–Kier alpha value is -1.63. The summed E-state index contributed by atoms with van der Waals surface area (Å²) in [6.45, 7) is 1.99. The second-order valence-corrected chi connectivity index (χ2v) is 6.28. The fourth-order valence-corrected chi connectivity index (χ4v) is 3.14. The second kappa shape index (κ2) is 6.21. The minimum absolute atomic E-state index is 0.0992. The molecule has 2 rings (SSSR count). The number of nitrogens with one attached hydrogen (secondary N) is 1. The largest absolute Gasteiger partial charge is 0.447 e. The van der Waals surface area contributed by atoms with Gasteiger partial charge in [0.2, 0.25) is 5.09 Å². The van der Waals surface area contributed by atoms with E-state index in [1.807, 2.05) is 37.3 Å². The fourth-order valence-electron chi connectivity index (χ4n) is 1.94. The first-order valence-electron chi connectivity index (χ1n) is 6.36. The lowest BCUT2D eigenvalue weighted by Crippen LogP contribution is -2.33. The number of nitrogens with two attached hydrogens (primary N) is 1. The molecule has 0 radical (unpaired) electrons. The molecule has 3 N–H and O–H groups in total. The predicted molar refractivity (Wildman–Crippen MR) is 76.5 cm³/mol. The van der Waals surface area contributed by atoms with Crippen LogP contribution in [0.25, 0.3) is 0 Å². The summed E-state index contributed by atoms with van der Waals surface area (Å²) in [5.41, 5.74) is 6.47. The molecule has 0 saturated heterocycles. The quantitative estimate of drug-likeness (QED) is 0.848. The molecule has 1 unspecified atom stereocenters. The van der Waals surface area contributed by atoms with Crippen molar-refractivity contribution in [1.82, 2.24) is 4.72 Å². The second-order valence-electron chi connectivity index (χ2n) is 4.64. The van der Waals surface area contributed by atoms with E-state index in [-0.39, 0.29) is 17.7 Å². The fraction of sp³-hybridized carbons (Fsp3) is 0.286. The molecule has 20 heavy (non-hydrogen) atoms. The van der Waals surface area contributed by atoms with Crippen molar-refractivity contribution in [2.45, 2.75) is 31.0 Å². The molecule has 1 aromatic carbocycles. The molecule has 6 heteroatoms. The van der Waals surface area contributed by atoms with Gasteiger partial charge in [-0.05, 0) is 31.0 Å². The number of hydrogen-bond donors (Lipinski definition) is 2. The van der Waals surface area contributed by atoms with E-state index < -0.39 is 10.0 Å². The van der Waals surface area contributed by atoms with Gasteiger partial charge in [-0.3, -0.25) is 0 Å². The summed E-state index contributed by atoms with van der Waals surface area (Å²) in [5.74, 6) is 0.445. The highest BCUT2D eigenvalue weighted by Gasteiger charge is 2.21. The molecule has 1 atom stereocenters. The summed E-state index contributed by atoms with van der Waals surface area (Å²) in [6.07, 6.45) is 0.616. The lowest BCUT2D eigenvalue weighted by atomic mass is 10.1. The molecule has 2 aromatic rings. The Labute approximate surface area is 118 Å². The lowest BCUT2D eigenvalue weighted by Gasteiger charge is -2.13. The third kappa shape index (κ3) is 3.69. The topological polar surface area (TPSA) is 85.3 Å². The molecular weight excluding hydrogens is 276 g/mol. The average molecular weight is 294 g/mol. The Balaban J connectivity index is 2.04. The standard InChI is InChI=1S/C14H18N2O3S/c1-11(9-12-5-3-2-4-6-12)16-20(17,18)14-8-7-13(10-15)19-14/h2-8,11,16H,9-10,15H2,1H3. The van der Waals surface area contributed by atoms with Crippen LogP contribution in [0.15, 0.2) is 52.0 Å².